The first-order valence-electron chi connectivity index (χ1n) is 5.23. The molecule has 6 heteroatoms. The Hall–Kier alpha value is -1.43. The van der Waals surface area contributed by atoms with Gasteiger partial charge in [0.1, 0.15) is 5.82 Å². The van der Waals surface area contributed by atoms with Crippen molar-refractivity contribution < 1.29 is 14.0 Å². The molecule has 98 valence electrons. The molecule has 1 aromatic carbocycles. The molecule has 2 amide bonds. The number of carbonyl (C=O) groups excluding carboxylic acids is 2. The highest BCUT2D eigenvalue weighted by Gasteiger charge is 2.19. The van der Waals surface area contributed by atoms with Gasteiger partial charge in [-0.1, -0.05) is 15.9 Å². The van der Waals surface area contributed by atoms with Gasteiger partial charge in [0.25, 0.3) is 5.91 Å². The summed E-state index contributed by atoms with van der Waals surface area (Å²) in [5, 5.41) is 0. The maximum atomic E-state index is 13.6. The Balaban J connectivity index is 2.84. The molecule has 0 heterocycles. The zero-order valence-corrected chi connectivity index (χ0v) is 12.0. The molecule has 0 atom stereocenters. The Labute approximate surface area is 113 Å². The SMILES string of the molecule is CN(C)C(=O)CN(C)C(=O)c1ccc(Br)cc1F. The third-order valence-electron chi connectivity index (χ3n) is 2.38. The summed E-state index contributed by atoms with van der Waals surface area (Å²) in [5.41, 5.74) is -0.0488. The predicted molar refractivity (Wildman–Crippen MR) is 69.8 cm³/mol. The average molecular weight is 317 g/mol. The van der Waals surface area contributed by atoms with Crippen molar-refractivity contribution in [3.05, 3.63) is 34.1 Å². The van der Waals surface area contributed by atoms with E-state index in [0.29, 0.717) is 4.47 Å². The second-order valence-electron chi connectivity index (χ2n) is 4.07. The van der Waals surface area contributed by atoms with Gasteiger partial charge in [0.05, 0.1) is 12.1 Å². The van der Waals surface area contributed by atoms with E-state index < -0.39 is 11.7 Å². The van der Waals surface area contributed by atoms with Crippen molar-refractivity contribution >= 4 is 27.7 Å². The summed E-state index contributed by atoms with van der Waals surface area (Å²) in [6, 6.07) is 4.19. The van der Waals surface area contributed by atoms with Crippen molar-refractivity contribution in [3.8, 4) is 0 Å². The fourth-order valence-corrected chi connectivity index (χ4v) is 1.62. The minimum absolute atomic E-state index is 0.0488. The predicted octanol–water partition coefficient (Wildman–Crippen LogP) is 1.75. The number of carbonyl (C=O) groups is 2. The zero-order chi connectivity index (χ0) is 13.9. The topological polar surface area (TPSA) is 40.6 Å². The van der Waals surface area contributed by atoms with E-state index in [-0.39, 0.29) is 18.0 Å². The van der Waals surface area contributed by atoms with E-state index in [2.05, 4.69) is 15.9 Å². The Morgan fingerprint density at radius 2 is 1.89 bits per heavy atom. The molecule has 0 radical (unpaired) electrons. The quantitative estimate of drug-likeness (QED) is 0.852. The van der Waals surface area contributed by atoms with Crippen molar-refractivity contribution in [2.45, 2.75) is 0 Å². The van der Waals surface area contributed by atoms with Crippen LogP contribution in [0, 0.1) is 5.82 Å². The smallest absolute Gasteiger partial charge is 0.257 e. The second kappa shape index (κ2) is 5.95. The maximum absolute atomic E-state index is 13.6. The van der Waals surface area contributed by atoms with Crippen LogP contribution in [0.3, 0.4) is 0 Å². The number of benzene rings is 1. The molecule has 0 aliphatic rings. The lowest BCUT2D eigenvalue weighted by Crippen LogP contribution is -2.38. The molecule has 0 spiro atoms. The number of hydrogen-bond acceptors (Lipinski definition) is 2. The molecule has 0 saturated heterocycles. The van der Waals surface area contributed by atoms with Crippen molar-refractivity contribution in [1.29, 1.82) is 0 Å². The monoisotopic (exact) mass is 316 g/mol. The van der Waals surface area contributed by atoms with Gasteiger partial charge in [0.2, 0.25) is 5.91 Å². The van der Waals surface area contributed by atoms with Gasteiger partial charge in [0, 0.05) is 25.6 Å². The molecule has 0 aromatic heterocycles. The van der Waals surface area contributed by atoms with E-state index in [4.69, 9.17) is 0 Å². The number of likely N-dealkylation sites (N-methyl/N-ethyl adjacent to an activating group) is 2. The van der Waals surface area contributed by atoms with Crippen molar-refractivity contribution in [2.24, 2.45) is 0 Å². The summed E-state index contributed by atoms with van der Waals surface area (Å²) >= 11 is 3.12. The lowest BCUT2D eigenvalue weighted by atomic mass is 10.2. The van der Waals surface area contributed by atoms with Crippen molar-refractivity contribution in [2.75, 3.05) is 27.7 Å². The maximum Gasteiger partial charge on any atom is 0.257 e. The average Bonchev–Trinajstić information content (AvgIpc) is 2.27. The molecule has 0 bridgehead atoms. The summed E-state index contributed by atoms with van der Waals surface area (Å²) in [5.74, 6) is -1.35. The van der Waals surface area contributed by atoms with Crippen LogP contribution in [0.5, 0.6) is 0 Å². The highest BCUT2D eigenvalue weighted by atomic mass is 79.9. The minimum atomic E-state index is -0.612. The summed E-state index contributed by atoms with van der Waals surface area (Å²) in [7, 11) is 4.66. The summed E-state index contributed by atoms with van der Waals surface area (Å²) in [4.78, 5) is 26.0. The summed E-state index contributed by atoms with van der Waals surface area (Å²) in [6.45, 7) is -0.0820. The first kappa shape index (κ1) is 14.6. The van der Waals surface area contributed by atoms with Crippen LogP contribution >= 0.6 is 15.9 Å². The van der Waals surface area contributed by atoms with Crippen LogP contribution in [0.2, 0.25) is 0 Å². The van der Waals surface area contributed by atoms with Gasteiger partial charge in [-0.3, -0.25) is 9.59 Å². The van der Waals surface area contributed by atoms with Gasteiger partial charge in [-0.05, 0) is 18.2 Å². The van der Waals surface area contributed by atoms with Gasteiger partial charge < -0.3 is 9.80 Å². The molecule has 0 fully saturated rings. The molecule has 18 heavy (non-hydrogen) atoms. The number of halogens is 2. The van der Waals surface area contributed by atoms with E-state index in [1.807, 2.05) is 0 Å². The van der Waals surface area contributed by atoms with Crippen LogP contribution < -0.4 is 0 Å². The van der Waals surface area contributed by atoms with E-state index >= 15 is 0 Å². The molecule has 0 N–H and O–H groups in total. The molecule has 1 rings (SSSR count). The number of rotatable bonds is 3. The minimum Gasteiger partial charge on any atom is -0.347 e. The Morgan fingerprint density at radius 3 is 2.39 bits per heavy atom. The molecule has 0 unspecified atom stereocenters. The van der Waals surface area contributed by atoms with E-state index in [0.717, 1.165) is 0 Å². The van der Waals surface area contributed by atoms with Crippen LogP contribution in [-0.2, 0) is 4.79 Å². The first-order valence-corrected chi connectivity index (χ1v) is 6.03. The van der Waals surface area contributed by atoms with Crippen molar-refractivity contribution in [3.63, 3.8) is 0 Å². The number of hydrogen-bond donors (Lipinski definition) is 0. The zero-order valence-electron chi connectivity index (χ0n) is 10.4. The molecule has 4 nitrogen and oxygen atoms in total. The molecular weight excluding hydrogens is 303 g/mol. The normalized spacial score (nSPS) is 10.1. The van der Waals surface area contributed by atoms with E-state index in [1.165, 1.54) is 29.0 Å². The largest absolute Gasteiger partial charge is 0.347 e. The van der Waals surface area contributed by atoms with E-state index in [1.54, 1.807) is 20.2 Å². The molecule has 0 aliphatic carbocycles. The lowest BCUT2D eigenvalue weighted by Gasteiger charge is -2.19. The molecule has 0 aliphatic heterocycles. The number of amides is 2. The third-order valence-corrected chi connectivity index (χ3v) is 2.87. The van der Waals surface area contributed by atoms with Crippen LogP contribution in [0.4, 0.5) is 4.39 Å². The summed E-state index contributed by atoms with van der Waals surface area (Å²) in [6.07, 6.45) is 0. The Kier molecular flexibility index (Phi) is 4.84. The lowest BCUT2D eigenvalue weighted by molar-refractivity contribution is -0.129. The van der Waals surface area contributed by atoms with Crippen molar-refractivity contribution in [1.82, 2.24) is 9.80 Å². The highest BCUT2D eigenvalue weighted by Crippen LogP contribution is 2.16. The fraction of sp³-hybridized carbons (Fsp3) is 0.333. The molecule has 1 aromatic rings. The highest BCUT2D eigenvalue weighted by molar-refractivity contribution is 9.10. The first-order chi connectivity index (χ1) is 8.32. The van der Waals surface area contributed by atoms with Gasteiger partial charge >= 0.3 is 0 Å². The number of nitrogens with zero attached hydrogens (tertiary/aromatic N) is 2. The van der Waals surface area contributed by atoms with Crippen LogP contribution in [0.25, 0.3) is 0 Å². The standard InChI is InChI=1S/C12H14BrFN2O2/c1-15(2)11(17)7-16(3)12(18)9-5-4-8(13)6-10(9)14/h4-6H,7H2,1-3H3. The van der Waals surface area contributed by atoms with Gasteiger partial charge in [0.15, 0.2) is 0 Å². The van der Waals surface area contributed by atoms with Gasteiger partial charge in [-0.15, -0.1) is 0 Å². The van der Waals surface area contributed by atoms with Crippen LogP contribution in [0.1, 0.15) is 10.4 Å². The van der Waals surface area contributed by atoms with E-state index in [9.17, 15) is 14.0 Å². The Morgan fingerprint density at radius 1 is 1.28 bits per heavy atom. The van der Waals surface area contributed by atoms with Gasteiger partial charge in [-0.25, -0.2) is 4.39 Å². The molecule has 0 saturated carbocycles. The van der Waals surface area contributed by atoms with Gasteiger partial charge in [-0.2, -0.15) is 0 Å². The third kappa shape index (κ3) is 3.53. The Bertz CT molecular complexity index is 477. The van der Waals surface area contributed by atoms with Crippen LogP contribution in [0.15, 0.2) is 22.7 Å². The van der Waals surface area contributed by atoms with Crippen LogP contribution in [-0.4, -0.2) is 49.3 Å². The fourth-order valence-electron chi connectivity index (χ4n) is 1.28. The summed E-state index contributed by atoms with van der Waals surface area (Å²) < 4.78 is 14.1. The second-order valence-corrected chi connectivity index (χ2v) is 4.99. The molecular formula is C12H14BrFN2O2.